The van der Waals surface area contributed by atoms with Crippen molar-refractivity contribution in [2.75, 3.05) is 76.0 Å². The van der Waals surface area contributed by atoms with E-state index < -0.39 is 64.0 Å². The number of sulfonamides is 1. The van der Waals surface area contributed by atoms with Crippen LogP contribution in [0.15, 0.2) is 47.4 Å². The Balaban J connectivity index is 1.26. The maximum absolute atomic E-state index is 13.1. The Kier molecular flexibility index (Phi) is 16.2. The molecular weight excluding hydrogens is 771 g/mol. The van der Waals surface area contributed by atoms with E-state index in [0.29, 0.717) is 63.3 Å². The highest BCUT2D eigenvalue weighted by molar-refractivity contribution is 7.89. The molecule has 0 radical (unpaired) electrons. The molecule has 0 saturated carbocycles. The molecule has 1 saturated heterocycles. The largest absolute Gasteiger partial charge is 0.474 e. The number of hydrogen-bond acceptors (Lipinski definition) is 16. The fraction of sp³-hybridized carbons (Fsp3) is 0.500. The van der Waals surface area contributed by atoms with Gasteiger partial charge >= 0.3 is 11.9 Å². The van der Waals surface area contributed by atoms with Gasteiger partial charge in [0.25, 0.3) is 17.7 Å². The molecule has 0 atom stereocenters. The number of rotatable bonds is 20. The smallest absolute Gasteiger partial charge is 0.338 e. The van der Waals surface area contributed by atoms with Gasteiger partial charge in [0.15, 0.2) is 19.0 Å². The third-order valence-electron chi connectivity index (χ3n) is 8.16. The van der Waals surface area contributed by atoms with Crippen molar-refractivity contribution in [1.82, 2.24) is 19.0 Å². The van der Waals surface area contributed by atoms with Gasteiger partial charge in [0.1, 0.15) is 17.2 Å². The van der Waals surface area contributed by atoms with Crippen LogP contribution in [-0.4, -0.2) is 117 Å². The van der Waals surface area contributed by atoms with Gasteiger partial charge in [0, 0.05) is 31.7 Å². The predicted molar refractivity (Wildman–Crippen MR) is 206 cm³/mol. The molecule has 2 heterocycles. The Morgan fingerprint density at radius 1 is 1.02 bits per heavy atom. The van der Waals surface area contributed by atoms with Crippen LogP contribution in [0.5, 0.6) is 17.4 Å². The predicted octanol–water partition coefficient (Wildman–Crippen LogP) is 2.94. The van der Waals surface area contributed by atoms with E-state index >= 15 is 0 Å². The molecule has 56 heavy (non-hydrogen) atoms. The van der Waals surface area contributed by atoms with Gasteiger partial charge < -0.3 is 44.1 Å². The monoisotopic (exact) mass is 819 g/mol. The number of para-hydroxylation sites is 1. The third-order valence-corrected chi connectivity index (χ3v) is 9.57. The van der Waals surface area contributed by atoms with Crippen molar-refractivity contribution in [2.24, 2.45) is 5.14 Å². The summed E-state index contributed by atoms with van der Waals surface area (Å²) in [5.74, 6) is -1.89. The Labute approximate surface area is 330 Å². The number of nitrogens with two attached hydrogens (primary N) is 1. The molecule has 20 heteroatoms. The highest BCUT2D eigenvalue weighted by Gasteiger charge is 2.28. The maximum Gasteiger partial charge on any atom is 0.338 e. The van der Waals surface area contributed by atoms with E-state index in [1.165, 1.54) is 6.07 Å². The number of esters is 2. The van der Waals surface area contributed by atoms with Crippen LogP contribution in [0.2, 0.25) is 0 Å². The van der Waals surface area contributed by atoms with Gasteiger partial charge in [-0.25, -0.2) is 18.4 Å². The lowest BCUT2D eigenvalue weighted by Crippen LogP contribution is -2.48. The Morgan fingerprint density at radius 2 is 1.75 bits per heavy atom. The molecular formula is C36H49N7O11S2. The molecule has 1 aliphatic rings. The number of hydrogen-bond donors (Lipinski definition) is 3. The van der Waals surface area contributed by atoms with Crippen LogP contribution in [-0.2, 0) is 38.6 Å². The number of nitrogens with zero attached hydrogens (tertiary/aromatic N) is 4. The zero-order valence-corrected chi connectivity index (χ0v) is 33.5. The normalized spacial score (nSPS) is 13.1. The van der Waals surface area contributed by atoms with E-state index in [2.05, 4.69) is 24.3 Å². The first kappa shape index (κ1) is 43.7. The van der Waals surface area contributed by atoms with Crippen molar-refractivity contribution in [3.63, 3.8) is 0 Å². The number of morpholine rings is 1. The van der Waals surface area contributed by atoms with Crippen LogP contribution in [0.25, 0.3) is 0 Å². The lowest BCUT2D eigenvalue weighted by atomic mass is 10.1. The molecule has 1 fully saturated rings. The summed E-state index contributed by atoms with van der Waals surface area (Å²) in [4.78, 5) is 54.2. The molecule has 306 valence electrons. The standard InChI is InChI=1S/C36H49N7O11S2/c1-5-6-13-38-27-20-25(21-28(56(37,48)49)32(27)54-26-11-8-7-9-12-26)35(47)53-23-29(44)39-22-31(46)52-24-30(45)43(36(2,3)4)14-10-17-51-34-33(40-55-41-34)42-15-18-50-19-16-42/h7-9,11-12,20-21,38H,5-6,10,13-19,22-24H2,1-4H3,(H,39,44)(H2,37,48,49). The van der Waals surface area contributed by atoms with Crippen molar-refractivity contribution >= 4 is 57.0 Å². The van der Waals surface area contributed by atoms with Crippen LogP contribution >= 0.6 is 11.7 Å². The molecule has 0 unspecified atom stereocenters. The highest BCUT2D eigenvalue weighted by Crippen LogP contribution is 2.37. The van der Waals surface area contributed by atoms with E-state index in [1.807, 2.05) is 27.7 Å². The van der Waals surface area contributed by atoms with Gasteiger partial charge in [-0.1, -0.05) is 31.5 Å². The van der Waals surface area contributed by atoms with Gasteiger partial charge in [0.05, 0.1) is 42.8 Å². The first-order chi connectivity index (χ1) is 26.7. The molecule has 4 N–H and O–H groups in total. The number of aromatic nitrogens is 2. The summed E-state index contributed by atoms with van der Waals surface area (Å²) in [6.45, 7) is 9.14. The van der Waals surface area contributed by atoms with E-state index in [0.717, 1.165) is 30.6 Å². The number of anilines is 2. The lowest BCUT2D eigenvalue weighted by Gasteiger charge is -2.35. The second-order valence-corrected chi connectivity index (χ2v) is 15.6. The van der Waals surface area contributed by atoms with E-state index in [9.17, 15) is 27.6 Å². The Morgan fingerprint density at radius 3 is 2.43 bits per heavy atom. The number of amides is 2. The number of nitrogens with one attached hydrogen (secondary N) is 2. The number of unbranched alkanes of at least 4 members (excludes halogenated alkanes) is 1. The van der Waals surface area contributed by atoms with Crippen LogP contribution < -0.4 is 30.1 Å². The molecule has 2 amide bonds. The summed E-state index contributed by atoms with van der Waals surface area (Å²) in [5, 5.41) is 10.9. The lowest BCUT2D eigenvalue weighted by molar-refractivity contribution is -0.154. The van der Waals surface area contributed by atoms with Crippen molar-refractivity contribution in [2.45, 2.75) is 57.4 Å². The highest BCUT2D eigenvalue weighted by atomic mass is 32.2. The van der Waals surface area contributed by atoms with Crippen molar-refractivity contribution in [3.8, 4) is 17.4 Å². The second kappa shape index (κ2) is 20.7. The molecule has 2 aromatic carbocycles. The quantitative estimate of drug-likeness (QED) is 0.110. The summed E-state index contributed by atoms with van der Waals surface area (Å²) < 4.78 is 61.2. The van der Waals surface area contributed by atoms with Crippen LogP contribution in [0.4, 0.5) is 11.5 Å². The molecule has 1 aromatic heterocycles. The van der Waals surface area contributed by atoms with E-state index in [1.54, 1.807) is 35.2 Å². The minimum atomic E-state index is -4.40. The van der Waals surface area contributed by atoms with Gasteiger partial charge in [-0.15, -0.1) is 4.37 Å². The van der Waals surface area contributed by atoms with Crippen LogP contribution in [0.3, 0.4) is 0 Å². The summed E-state index contributed by atoms with van der Waals surface area (Å²) in [7, 11) is -4.40. The van der Waals surface area contributed by atoms with Gasteiger partial charge in [-0.05, 0) is 57.9 Å². The van der Waals surface area contributed by atoms with Gasteiger partial charge in [0.2, 0.25) is 15.8 Å². The molecule has 0 bridgehead atoms. The topological polar surface area (TPSA) is 231 Å². The minimum Gasteiger partial charge on any atom is -0.474 e. The Hall–Kier alpha value is -5.05. The van der Waals surface area contributed by atoms with Crippen molar-refractivity contribution in [3.05, 3.63) is 48.0 Å². The van der Waals surface area contributed by atoms with Crippen LogP contribution in [0.1, 0.15) is 57.3 Å². The van der Waals surface area contributed by atoms with E-state index in [4.69, 9.17) is 28.8 Å². The molecule has 0 aliphatic carbocycles. The molecule has 3 aromatic rings. The van der Waals surface area contributed by atoms with Crippen molar-refractivity contribution < 1.29 is 51.3 Å². The summed E-state index contributed by atoms with van der Waals surface area (Å²) in [5.41, 5.74) is -0.640. The average Bonchev–Trinajstić information content (AvgIpc) is 3.64. The first-order valence-electron chi connectivity index (χ1n) is 18.0. The fourth-order valence-corrected chi connectivity index (χ4v) is 6.56. The molecule has 1 aliphatic heterocycles. The molecule has 0 spiro atoms. The van der Waals surface area contributed by atoms with Gasteiger partial charge in [-0.2, -0.15) is 4.37 Å². The number of carbonyl (C=O) groups is 4. The zero-order valence-electron chi connectivity index (χ0n) is 31.9. The molecule has 18 nitrogen and oxygen atoms in total. The number of primary sulfonamides is 1. The summed E-state index contributed by atoms with van der Waals surface area (Å²) >= 11 is 1.06. The van der Waals surface area contributed by atoms with Crippen LogP contribution in [0, 0.1) is 0 Å². The third kappa shape index (κ3) is 13.3. The van der Waals surface area contributed by atoms with E-state index in [-0.39, 0.29) is 23.6 Å². The Bertz CT molecular complexity index is 1900. The number of benzene rings is 2. The number of carbonyl (C=O) groups excluding carboxylic acids is 4. The van der Waals surface area contributed by atoms with Crippen molar-refractivity contribution in [1.29, 1.82) is 0 Å². The fourth-order valence-electron chi connectivity index (χ4n) is 5.34. The maximum atomic E-state index is 13.1. The molecule has 4 rings (SSSR count). The number of ether oxygens (including phenoxy) is 5. The van der Waals surface area contributed by atoms with Gasteiger partial charge in [-0.3, -0.25) is 14.4 Å². The summed E-state index contributed by atoms with van der Waals surface area (Å²) in [6.07, 6.45) is 2.03. The summed E-state index contributed by atoms with van der Waals surface area (Å²) in [6, 6.07) is 10.8. The second-order valence-electron chi connectivity index (χ2n) is 13.5. The SMILES string of the molecule is CCCCNc1cc(C(=O)OCC(=O)NCC(=O)OCC(=O)N(CCCOc2nsnc2N2CCOCC2)C(C)(C)C)cc(S(N)(=O)=O)c1Oc1ccccc1. The minimum absolute atomic E-state index is 0.108. The first-order valence-corrected chi connectivity index (χ1v) is 20.3. The zero-order chi connectivity index (χ0) is 40.7. The average molecular weight is 820 g/mol.